The van der Waals surface area contributed by atoms with Crippen LogP contribution in [-0.4, -0.2) is 37.7 Å². The van der Waals surface area contributed by atoms with Gasteiger partial charge in [0.2, 0.25) is 0 Å². The van der Waals surface area contributed by atoms with Gasteiger partial charge >= 0.3 is 0 Å². The van der Waals surface area contributed by atoms with Crippen molar-refractivity contribution < 1.29 is 5.11 Å². The summed E-state index contributed by atoms with van der Waals surface area (Å²) in [5.74, 6) is 2.07. The third-order valence-electron chi connectivity index (χ3n) is 4.38. The van der Waals surface area contributed by atoms with Crippen molar-refractivity contribution in [1.82, 2.24) is 19.9 Å². The molecule has 3 N–H and O–H groups in total. The topological polar surface area (TPSA) is 86.7 Å². The Balaban J connectivity index is 1.37. The van der Waals surface area contributed by atoms with Crippen molar-refractivity contribution in [3.8, 4) is 0 Å². The van der Waals surface area contributed by atoms with Crippen molar-refractivity contribution in [2.45, 2.75) is 31.3 Å². The lowest BCUT2D eigenvalue weighted by molar-refractivity contribution is 0.0732. The number of benzene rings is 1. The Bertz CT molecular complexity index is 859. The van der Waals surface area contributed by atoms with Gasteiger partial charge in [-0.2, -0.15) is 0 Å². The molecule has 2 heterocycles. The van der Waals surface area contributed by atoms with Crippen LogP contribution in [0.5, 0.6) is 0 Å². The maximum atomic E-state index is 9.42. The molecular weight excluding hydrogens is 326 g/mol. The highest BCUT2D eigenvalue weighted by molar-refractivity contribution is 6.31. The van der Waals surface area contributed by atoms with Gasteiger partial charge in [0, 0.05) is 35.7 Å². The molecule has 0 bridgehead atoms. The lowest BCUT2D eigenvalue weighted by Crippen LogP contribution is -2.27. The fourth-order valence-corrected chi connectivity index (χ4v) is 3.16. The quantitative estimate of drug-likeness (QED) is 0.663. The summed E-state index contributed by atoms with van der Waals surface area (Å²) >= 11 is 5.99. The number of nitrogens with one attached hydrogen (secondary N) is 2. The van der Waals surface area contributed by atoms with Gasteiger partial charge in [-0.3, -0.25) is 0 Å². The highest BCUT2D eigenvalue weighted by atomic mass is 35.5. The van der Waals surface area contributed by atoms with Crippen LogP contribution in [0, 0.1) is 0 Å². The lowest BCUT2D eigenvalue weighted by atomic mass is 9.80. The van der Waals surface area contributed by atoms with Crippen LogP contribution in [-0.2, 0) is 6.42 Å². The molecule has 0 radical (unpaired) electrons. The second-order valence-corrected chi connectivity index (χ2v) is 6.61. The Labute approximate surface area is 144 Å². The predicted octanol–water partition coefficient (Wildman–Crippen LogP) is 2.90. The van der Waals surface area contributed by atoms with E-state index in [0.717, 1.165) is 54.2 Å². The molecule has 0 spiro atoms. The molecule has 1 aromatic carbocycles. The van der Waals surface area contributed by atoms with Gasteiger partial charge in [0.25, 0.3) is 0 Å². The molecule has 24 heavy (non-hydrogen) atoms. The summed E-state index contributed by atoms with van der Waals surface area (Å²) < 4.78 is 0. The van der Waals surface area contributed by atoms with E-state index in [1.54, 1.807) is 6.33 Å². The van der Waals surface area contributed by atoms with E-state index in [0.29, 0.717) is 10.9 Å². The van der Waals surface area contributed by atoms with Crippen molar-refractivity contribution in [2.24, 2.45) is 0 Å². The first kappa shape index (κ1) is 15.4. The molecule has 0 aliphatic heterocycles. The van der Waals surface area contributed by atoms with E-state index in [9.17, 15) is 5.11 Å². The maximum Gasteiger partial charge on any atom is 0.129 e. The number of aromatic nitrogens is 4. The van der Waals surface area contributed by atoms with Crippen LogP contribution in [0.15, 0.2) is 30.6 Å². The van der Waals surface area contributed by atoms with E-state index in [2.05, 4.69) is 25.3 Å². The minimum Gasteiger partial charge on any atom is -0.393 e. The number of rotatable bonds is 5. The SMILES string of the molecule is OC1CC(c2cc(NCCc3nc4ccc(Cl)cc4[nH]3)ncn2)C1. The molecular formula is C17H18ClN5O. The molecule has 0 amide bonds. The highest BCUT2D eigenvalue weighted by Gasteiger charge is 2.29. The molecule has 2 aromatic heterocycles. The molecule has 4 rings (SSSR count). The standard InChI is InChI=1S/C17H18ClN5O/c18-11-1-2-13-15(7-11)23-16(22-13)3-4-19-17-8-14(20-9-21-17)10-5-12(24)6-10/h1-2,7-10,12,24H,3-6H2,(H,22,23)(H,19,20,21). The van der Waals surface area contributed by atoms with Gasteiger partial charge in [-0.15, -0.1) is 0 Å². The van der Waals surface area contributed by atoms with Gasteiger partial charge in [-0.25, -0.2) is 15.0 Å². The zero-order chi connectivity index (χ0) is 16.5. The summed E-state index contributed by atoms with van der Waals surface area (Å²) in [5.41, 5.74) is 2.86. The molecule has 0 atom stereocenters. The molecule has 0 saturated heterocycles. The highest BCUT2D eigenvalue weighted by Crippen LogP contribution is 2.35. The van der Waals surface area contributed by atoms with E-state index < -0.39 is 0 Å². The van der Waals surface area contributed by atoms with Crippen LogP contribution >= 0.6 is 11.6 Å². The minimum atomic E-state index is -0.178. The van der Waals surface area contributed by atoms with Crippen molar-refractivity contribution in [3.05, 3.63) is 47.1 Å². The van der Waals surface area contributed by atoms with Gasteiger partial charge in [-0.05, 0) is 31.0 Å². The van der Waals surface area contributed by atoms with Gasteiger partial charge in [0.1, 0.15) is 18.0 Å². The summed E-state index contributed by atoms with van der Waals surface area (Å²) in [6.07, 6.45) is 3.73. The number of fused-ring (bicyclic) bond motifs is 1. The summed E-state index contributed by atoms with van der Waals surface area (Å²) in [5, 5.41) is 13.4. The lowest BCUT2D eigenvalue weighted by Gasteiger charge is -2.30. The zero-order valence-electron chi connectivity index (χ0n) is 13.0. The average molecular weight is 344 g/mol. The summed E-state index contributed by atoms with van der Waals surface area (Å²) in [6.45, 7) is 0.720. The first-order chi connectivity index (χ1) is 11.7. The van der Waals surface area contributed by atoms with Crippen LogP contribution < -0.4 is 5.32 Å². The number of hydrogen-bond acceptors (Lipinski definition) is 5. The fraction of sp³-hybridized carbons (Fsp3) is 0.353. The van der Waals surface area contributed by atoms with Crippen LogP contribution in [0.4, 0.5) is 5.82 Å². The number of halogens is 1. The Morgan fingerprint density at radius 3 is 2.96 bits per heavy atom. The molecule has 1 saturated carbocycles. The first-order valence-electron chi connectivity index (χ1n) is 8.05. The average Bonchev–Trinajstić information content (AvgIpc) is 2.94. The van der Waals surface area contributed by atoms with Crippen molar-refractivity contribution in [1.29, 1.82) is 0 Å². The van der Waals surface area contributed by atoms with Gasteiger partial charge in [-0.1, -0.05) is 11.6 Å². The van der Waals surface area contributed by atoms with E-state index in [-0.39, 0.29) is 6.10 Å². The summed E-state index contributed by atoms with van der Waals surface area (Å²) in [6, 6.07) is 7.60. The summed E-state index contributed by atoms with van der Waals surface area (Å²) in [4.78, 5) is 16.4. The largest absolute Gasteiger partial charge is 0.393 e. The number of nitrogens with zero attached hydrogens (tertiary/aromatic N) is 3. The Hall–Kier alpha value is -2.18. The number of H-pyrrole nitrogens is 1. The number of anilines is 1. The van der Waals surface area contributed by atoms with E-state index in [1.807, 2.05) is 24.3 Å². The Morgan fingerprint density at radius 1 is 1.25 bits per heavy atom. The number of aromatic amines is 1. The Morgan fingerprint density at radius 2 is 2.12 bits per heavy atom. The van der Waals surface area contributed by atoms with Crippen LogP contribution in [0.3, 0.4) is 0 Å². The number of imidazole rings is 1. The molecule has 1 aliphatic carbocycles. The van der Waals surface area contributed by atoms with E-state index in [1.165, 1.54) is 0 Å². The minimum absolute atomic E-state index is 0.178. The predicted molar refractivity (Wildman–Crippen MR) is 93.3 cm³/mol. The van der Waals surface area contributed by atoms with Crippen molar-refractivity contribution >= 4 is 28.5 Å². The van der Waals surface area contributed by atoms with Gasteiger partial charge in [0.05, 0.1) is 17.1 Å². The van der Waals surface area contributed by atoms with E-state index in [4.69, 9.17) is 11.6 Å². The number of hydrogen-bond donors (Lipinski definition) is 3. The fourth-order valence-electron chi connectivity index (χ4n) is 2.98. The molecule has 7 heteroatoms. The second kappa shape index (κ2) is 6.37. The van der Waals surface area contributed by atoms with Crippen LogP contribution in [0.25, 0.3) is 11.0 Å². The molecule has 6 nitrogen and oxygen atoms in total. The molecule has 124 valence electrons. The van der Waals surface area contributed by atoms with Crippen LogP contribution in [0.2, 0.25) is 5.02 Å². The van der Waals surface area contributed by atoms with E-state index >= 15 is 0 Å². The normalized spacial score (nSPS) is 20.1. The van der Waals surface area contributed by atoms with Crippen molar-refractivity contribution in [2.75, 3.05) is 11.9 Å². The monoisotopic (exact) mass is 343 g/mol. The van der Waals surface area contributed by atoms with Crippen LogP contribution in [0.1, 0.15) is 30.3 Å². The third kappa shape index (κ3) is 3.20. The first-order valence-corrected chi connectivity index (χ1v) is 8.43. The molecule has 0 unspecified atom stereocenters. The van der Waals surface area contributed by atoms with Crippen molar-refractivity contribution in [3.63, 3.8) is 0 Å². The van der Waals surface area contributed by atoms with Gasteiger partial charge < -0.3 is 15.4 Å². The zero-order valence-corrected chi connectivity index (χ0v) is 13.8. The molecule has 3 aromatic rings. The third-order valence-corrected chi connectivity index (χ3v) is 4.62. The Kier molecular flexibility index (Phi) is 4.08. The molecule has 1 fully saturated rings. The summed E-state index contributed by atoms with van der Waals surface area (Å²) in [7, 11) is 0. The smallest absolute Gasteiger partial charge is 0.129 e. The maximum absolute atomic E-state index is 9.42. The second-order valence-electron chi connectivity index (χ2n) is 6.17. The number of aliphatic hydroxyl groups is 1. The number of aliphatic hydroxyl groups excluding tert-OH is 1. The molecule has 1 aliphatic rings. The van der Waals surface area contributed by atoms with Gasteiger partial charge in [0.15, 0.2) is 0 Å².